The van der Waals surface area contributed by atoms with Crippen LogP contribution in [0.5, 0.6) is 0 Å². The summed E-state index contributed by atoms with van der Waals surface area (Å²) in [6.45, 7) is 10.4. The topological polar surface area (TPSA) is 20.2 Å². The average molecular weight is 188 g/mol. The van der Waals surface area contributed by atoms with Crippen LogP contribution in [-0.2, 0) is 0 Å². The van der Waals surface area contributed by atoms with Gasteiger partial charge in [-0.3, -0.25) is 0 Å². The Balaban J connectivity index is 0. The summed E-state index contributed by atoms with van der Waals surface area (Å²) in [5.41, 5.74) is 0. The van der Waals surface area contributed by atoms with Crippen molar-refractivity contribution in [2.75, 3.05) is 0 Å². The van der Waals surface area contributed by atoms with Crippen LogP contribution in [0.1, 0.15) is 66.7 Å². The van der Waals surface area contributed by atoms with Gasteiger partial charge >= 0.3 is 0 Å². The summed E-state index contributed by atoms with van der Waals surface area (Å²) in [4.78, 5) is 0. The highest BCUT2D eigenvalue weighted by molar-refractivity contribution is 4.69. The molecule has 0 aromatic heterocycles. The summed E-state index contributed by atoms with van der Waals surface area (Å²) in [6.07, 6.45) is 6.05. The molecule has 0 saturated heterocycles. The van der Waals surface area contributed by atoms with Gasteiger partial charge in [-0.1, -0.05) is 53.9 Å². The van der Waals surface area contributed by atoms with Gasteiger partial charge in [-0.15, -0.1) is 0 Å². The predicted octanol–water partition coefficient (Wildman–Crippen LogP) is 4.00. The molecule has 0 amide bonds. The van der Waals surface area contributed by atoms with Crippen molar-refractivity contribution >= 4 is 0 Å². The molecule has 82 valence electrons. The minimum Gasteiger partial charge on any atom is -0.393 e. The Morgan fingerprint density at radius 3 is 1.69 bits per heavy atom. The first-order chi connectivity index (χ1) is 6.22. The molecule has 0 aliphatic heterocycles. The number of aliphatic hydroxyl groups excluding tert-OH is 1. The smallest absolute Gasteiger partial charge is 0.0565 e. The third-order valence-corrected chi connectivity index (χ3v) is 2.07. The quantitative estimate of drug-likeness (QED) is 0.609. The fourth-order valence-electron chi connectivity index (χ4n) is 1.30. The van der Waals surface area contributed by atoms with Crippen molar-refractivity contribution in [1.29, 1.82) is 0 Å². The first kappa shape index (κ1) is 15.4. The molecular formula is C12H28O. The molecule has 1 fully saturated rings. The molecule has 1 aliphatic carbocycles. The van der Waals surface area contributed by atoms with Crippen molar-refractivity contribution in [2.24, 2.45) is 5.92 Å². The van der Waals surface area contributed by atoms with E-state index in [9.17, 15) is 5.11 Å². The second-order valence-electron chi connectivity index (χ2n) is 3.54. The van der Waals surface area contributed by atoms with Gasteiger partial charge in [0.25, 0.3) is 0 Å². The SMILES string of the molecule is CC.CC1CCCCC1O.CCC. The summed E-state index contributed by atoms with van der Waals surface area (Å²) in [7, 11) is 0. The highest BCUT2D eigenvalue weighted by atomic mass is 16.3. The lowest BCUT2D eigenvalue weighted by molar-refractivity contribution is 0.0793. The Morgan fingerprint density at radius 2 is 1.46 bits per heavy atom. The van der Waals surface area contributed by atoms with Crippen molar-refractivity contribution < 1.29 is 5.11 Å². The van der Waals surface area contributed by atoms with Gasteiger partial charge in [0.05, 0.1) is 6.10 Å². The van der Waals surface area contributed by atoms with Crippen LogP contribution in [0.4, 0.5) is 0 Å². The van der Waals surface area contributed by atoms with Crippen LogP contribution in [0.3, 0.4) is 0 Å². The van der Waals surface area contributed by atoms with E-state index in [0.717, 1.165) is 6.42 Å². The van der Waals surface area contributed by atoms with Gasteiger partial charge in [0, 0.05) is 0 Å². The van der Waals surface area contributed by atoms with Crippen molar-refractivity contribution in [3.05, 3.63) is 0 Å². The van der Waals surface area contributed by atoms with Crippen LogP contribution in [0.25, 0.3) is 0 Å². The van der Waals surface area contributed by atoms with Crippen molar-refractivity contribution in [1.82, 2.24) is 0 Å². The average Bonchev–Trinajstić information content (AvgIpc) is 2.15. The molecule has 1 aliphatic rings. The van der Waals surface area contributed by atoms with Gasteiger partial charge in [0.15, 0.2) is 0 Å². The Labute approximate surface area is 84.6 Å². The molecule has 0 aromatic carbocycles. The fraction of sp³-hybridized carbons (Fsp3) is 1.00. The van der Waals surface area contributed by atoms with Gasteiger partial charge in [-0.05, 0) is 18.8 Å². The van der Waals surface area contributed by atoms with Crippen LogP contribution < -0.4 is 0 Å². The normalized spacial score (nSPS) is 26.3. The molecule has 1 heteroatoms. The van der Waals surface area contributed by atoms with E-state index in [1.807, 2.05) is 13.8 Å². The monoisotopic (exact) mass is 188 g/mol. The summed E-state index contributed by atoms with van der Waals surface area (Å²) < 4.78 is 0. The third-order valence-electron chi connectivity index (χ3n) is 2.07. The van der Waals surface area contributed by atoms with Crippen LogP contribution in [0.15, 0.2) is 0 Å². The molecule has 2 unspecified atom stereocenters. The molecule has 0 heterocycles. The number of aliphatic hydroxyl groups is 1. The van der Waals surface area contributed by atoms with E-state index in [1.165, 1.54) is 25.7 Å². The van der Waals surface area contributed by atoms with E-state index in [-0.39, 0.29) is 6.10 Å². The molecule has 0 radical (unpaired) electrons. The van der Waals surface area contributed by atoms with E-state index >= 15 is 0 Å². The number of hydrogen-bond donors (Lipinski definition) is 1. The summed E-state index contributed by atoms with van der Waals surface area (Å²) >= 11 is 0. The zero-order valence-electron chi connectivity index (χ0n) is 10.1. The molecule has 1 N–H and O–H groups in total. The van der Waals surface area contributed by atoms with Gasteiger partial charge in [0.1, 0.15) is 0 Å². The highest BCUT2D eigenvalue weighted by Crippen LogP contribution is 2.22. The second kappa shape index (κ2) is 12.0. The van der Waals surface area contributed by atoms with Crippen LogP contribution >= 0.6 is 0 Å². The van der Waals surface area contributed by atoms with Crippen molar-refractivity contribution in [2.45, 2.75) is 72.8 Å². The largest absolute Gasteiger partial charge is 0.393 e. The van der Waals surface area contributed by atoms with Gasteiger partial charge in [0.2, 0.25) is 0 Å². The molecule has 1 rings (SSSR count). The minimum atomic E-state index is 0.00347. The molecule has 1 saturated carbocycles. The molecular weight excluding hydrogens is 160 g/mol. The van der Waals surface area contributed by atoms with Gasteiger partial charge < -0.3 is 5.11 Å². The first-order valence-electron chi connectivity index (χ1n) is 5.90. The maximum atomic E-state index is 9.18. The molecule has 13 heavy (non-hydrogen) atoms. The lowest BCUT2D eigenvalue weighted by atomic mass is 9.88. The maximum Gasteiger partial charge on any atom is 0.0565 e. The third kappa shape index (κ3) is 9.88. The summed E-state index contributed by atoms with van der Waals surface area (Å²) in [5, 5.41) is 9.18. The molecule has 1 nitrogen and oxygen atoms in total. The van der Waals surface area contributed by atoms with Crippen LogP contribution in [0, 0.1) is 5.92 Å². The van der Waals surface area contributed by atoms with Gasteiger partial charge in [-0.2, -0.15) is 0 Å². The maximum absolute atomic E-state index is 9.18. The van der Waals surface area contributed by atoms with E-state index in [1.54, 1.807) is 0 Å². The van der Waals surface area contributed by atoms with Gasteiger partial charge in [-0.25, -0.2) is 0 Å². The zero-order valence-corrected chi connectivity index (χ0v) is 10.1. The van der Waals surface area contributed by atoms with E-state index in [4.69, 9.17) is 0 Å². The predicted molar refractivity (Wildman–Crippen MR) is 61.0 cm³/mol. The Kier molecular flexibility index (Phi) is 14.2. The van der Waals surface area contributed by atoms with Crippen molar-refractivity contribution in [3.63, 3.8) is 0 Å². The van der Waals surface area contributed by atoms with Crippen molar-refractivity contribution in [3.8, 4) is 0 Å². The highest BCUT2D eigenvalue weighted by Gasteiger charge is 2.17. The lowest BCUT2D eigenvalue weighted by Crippen LogP contribution is -2.21. The van der Waals surface area contributed by atoms with Crippen LogP contribution in [0.2, 0.25) is 0 Å². The number of hydrogen-bond acceptors (Lipinski definition) is 1. The lowest BCUT2D eigenvalue weighted by Gasteiger charge is -2.23. The van der Waals surface area contributed by atoms with E-state index in [2.05, 4.69) is 20.8 Å². The standard InChI is InChI=1S/C7H14O.C3H8.C2H6/c1-6-4-2-3-5-7(6)8;1-3-2;1-2/h6-8H,2-5H2,1H3;3H2,1-2H3;1-2H3. The molecule has 2 atom stereocenters. The molecule has 0 spiro atoms. The minimum absolute atomic E-state index is 0.00347. The Bertz CT molecular complexity index is 71.2. The Hall–Kier alpha value is -0.0400. The summed E-state index contributed by atoms with van der Waals surface area (Å²) in [5.74, 6) is 0.559. The van der Waals surface area contributed by atoms with E-state index in [0.29, 0.717) is 5.92 Å². The Morgan fingerprint density at radius 1 is 1.08 bits per heavy atom. The second-order valence-corrected chi connectivity index (χ2v) is 3.54. The van der Waals surface area contributed by atoms with Crippen LogP contribution in [-0.4, -0.2) is 11.2 Å². The summed E-state index contributed by atoms with van der Waals surface area (Å²) in [6, 6.07) is 0. The fourth-order valence-corrected chi connectivity index (χ4v) is 1.30. The molecule has 0 aromatic rings. The number of rotatable bonds is 0. The van der Waals surface area contributed by atoms with E-state index < -0.39 is 0 Å². The first-order valence-corrected chi connectivity index (χ1v) is 5.90. The zero-order chi connectivity index (χ0) is 10.7. The molecule has 0 bridgehead atoms.